The number of hydrogen-bond donors (Lipinski definition) is 1. The van der Waals surface area contributed by atoms with E-state index in [9.17, 15) is 9.18 Å². The van der Waals surface area contributed by atoms with E-state index in [1.165, 1.54) is 0 Å². The van der Waals surface area contributed by atoms with E-state index >= 15 is 0 Å². The van der Waals surface area contributed by atoms with Gasteiger partial charge in [0.1, 0.15) is 11.5 Å². The summed E-state index contributed by atoms with van der Waals surface area (Å²) in [5.41, 5.74) is 2.15. The summed E-state index contributed by atoms with van der Waals surface area (Å²) in [5, 5.41) is 3.10. The van der Waals surface area contributed by atoms with Crippen molar-refractivity contribution in [1.29, 1.82) is 0 Å². The molecule has 3 aromatic rings. The molecule has 1 fully saturated rings. The largest absolute Gasteiger partial charge is 0.336 e. The number of hydrogen-bond acceptors (Lipinski definition) is 6. The maximum absolute atomic E-state index is 14.6. The number of piperazine rings is 1. The summed E-state index contributed by atoms with van der Waals surface area (Å²) in [6.45, 7) is 9.13. The SMILES string of the molecule is Cc1ncc(-c2nc(Nc3ccc(C(=O)N4CCN(C)CC4)cc3)ncc2F)n1C(C)C.Cl. The summed E-state index contributed by atoms with van der Waals surface area (Å²) in [6.07, 6.45) is 2.78. The van der Waals surface area contributed by atoms with Crippen molar-refractivity contribution in [1.82, 2.24) is 29.3 Å². The molecule has 0 spiro atoms. The predicted molar refractivity (Wildman–Crippen MR) is 129 cm³/mol. The summed E-state index contributed by atoms with van der Waals surface area (Å²) in [4.78, 5) is 29.6. The molecule has 1 aromatic carbocycles. The van der Waals surface area contributed by atoms with Crippen LogP contribution in [-0.4, -0.2) is 68.5 Å². The van der Waals surface area contributed by atoms with Crippen LogP contribution in [0.5, 0.6) is 0 Å². The van der Waals surface area contributed by atoms with Gasteiger partial charge in [-0.2, -0.15) is 0 Å². The molecule has 1 amide bonds. The Morgan fingerprint density at radius 1 is 1.06 bits per heavy atom. The number of amides is 1. The number of likely N-dealkylation sites (N-methyl/N-ethyl adjacent to an activating group) is 1. The van der Waals surface area contributed by atoms with E-state index in [4.69, 9.17) is 0 Å². The second-order valence-electron chi connectivity index (χ2n) is 8.34. The van der Waals surface area contributed by atoms with Crippen molar-refractivity contribution in [3.63, 3.8) is 0 Å². The minimum atomic E-state index is -0.509. The Kier molecular flexibility index (Phi) is 7.65. The van der Waals surface area contributed by atoms with Crippen LogP contribution in [0, 0.1) is 12.7 Å². The van der Waals surface area contributed by atoms with Crippen LogP contribution in [0.1, 0.15) is 36.1 Å². The van der Waals surface area contributed by atoms with Crippen LogP contribution in [-0.2, 0) is 0 Å². The lowest BCUT2D eigenvalue weighted by Gasteiger charge is -2.32. The van der Waals surface area contributed by atoms with Gasteiger partial charge in [-0.25, -0.2) is 19.3 Å². The van der Waals surface area contributed by atoms with Crippen molar-refractivity contribution in [3.05, 3.63) is 53.9 Å². The Hall–Kier alpha value is -3.04. The van der Waals surface area contributed by atoms with Crippen LogP contribution < -0.4 is 5.32 Å². The molecule has 0 bridgehead atoms. The molecule has 2 aromatic heterocycles. The van der Waals surface area contributed by atoms with Gasteiger partial charge in [0.25, 0.3) is 5.91 Å². The third-order valence-corrected chi connectivity index (χ3v) is 5.66. The number of imidazole rings is 1. The molecular formula is C23H29ClFN7O. The highest BCUT2D eigenvalue weighted by atomic mass is 35.5. The molecule has 0 radical (unpaired) electrons. The van der Waals surface area contributed by atoms with Crippen molar-refractivity contribution in [2.75, 3.05) is 38.5 Å². The number of carbonyl (C=O) groups is 1. The Morgan fingerprint density at radius 2 is 1.73 bits per heavy atom. The van der Waals surface area contributed by atoms with Crippen molar-refractivity contribution in [2.45, 2.75) is 26.8 Å². The quantitative estimate of drug-likeness (QED) is 0.605. The number of rotatable bonds is 5. The van der Waals surface area contributed by atoms with Gasteiger partial charge in [-0.3, -0.25) is 4.79 Å². The number of aryl methyl sites for hydroxylation is 1. The third-order valence-electron chi connectivity index (χ3n) is 5.66. The summed E-state index contributed by atoms with van der Waals surface area (Å²) in [6, 6.07) is 7.29. The fraction of sp³-hybridized carbons (Fsp3) is 0.391. The Morgan fingerprint density at radius 3 is 2.36 bits per heavy atom. The van der Waals surface area contributed by atoms with Gasteiger partial charge in [-0.15, -0.1) is 12.4 Å². The molecule has 1 aliphatic heterocycles. The molecule has 33 heavy (non-hydrogen) atoms. The zero-order valence-corrected chi connectivity index (χ0v) is 20.1. The zero-order valence-electron chi connectivity index (χ0n) is 19.2. The van der Waals surface area contributed by atoms with Crippen molar-refractivity contribution < 1.29 is 9.18 Å². The standard InChI is InChI=1S/C23H28FN7O.ClH/c1-15(2)31-16(3)25-14-20(31)21-19(24)13-26-23(28-21)27-18-7-5-17(6-8-18)22(32)30-11-9-29(4)10-12-30;/h5-8,13-15H,9-12H2,1-4H3,(H,26,27,28);1H. The number of nitrogens with zero attached hydrogens (tertiary/aromatic N) is 6. The molecule has 176 valence electrons. The number of anilines is 2. The Labute approximate surface area is 199 Å². The van der Waals surface area contributed by atoms with Crippen LogP contribution in [0.15, 0.2) is 36.7 Å². The van der Waals surface area contributed by atoms with Gasteiger partial charge in [0, 0.05) is 43.5 Å². The van der Waals surface area contributed by atoms with E-state index < -0.39 is 5.82 Å². The van der Waals surface area contributed by atoms with Gasteiger partial charge in [0.2, 0.25) is 5.95 Å². The molecule has 0 saturated carbocycles. The monoisotopic (exact) mass is 473 g/mol. The number of nitrogens with one attached hydrogen (secondary N) is 1. The summed E-state index contributed by atoms with van der Waals surface area (Å²) in [5.74, 6) is 0.588. The molecule has 8 nitrogen and oxygen atoms in total. The van der Waals surface area contributed by atoms with E-state index in [1.807, 2.05) is 30.2 Å². The molecule has 1 saturated heterocycles. The smallest absolute Gasteiger partial charge is 0.253 e. The van der Waals surface area contributed by atoms with Crippen LogP contribution in [0.25, 0.3) is 11.4 Å². The first-order chi connectivity index (χ1) is 15.3. The number of halogens is 2. The molecule has 10 heteroatoms. The highest BCUT2D eigenvalue weighted by Gasteiger charge is 2.21. The Balaban J connectivity index is 0.00000306. The first-order valence-corrected chi connectivity index (χ1v) is 10.7. The number of benzene rings is 1. The fourth-order valence-corrected chi connectivity index (χ4v) is 3.90. The molecule has 1 N–H and O–H groups in total. The highest BCUT2D eigenvalue weighted by molar-refractivity contribution is 5.94. The molecule has 4 rings (SSSR count). The van der Waals surface area contributed by atoms with Crippen LogP contribution >= 0.6 is 12.4 Å². The maximum Gasteiger partial charge on any atom is 0.253 e. The lowest BCUT2D eigenvalue weighted by atomic mass is 10.1. The average Bonchev–Trinajstić information content (AvgIpc) is 3.17. The first-order valence-electron chi connectivity index (χ1n) is 10.7. The van der Waals surface area contributed by atoms with Crippen LogP contribution in [0.4, 0.5) is 16.0 Å². The van der Waals surface area contributed by atoms with Gasteiger partial charge in [0.15, 0.2) is 5.82 Å². The van der Waals surface area contributed by atoms with Crippen LogP contribution in [0.2, 0.25) is 0 Å². The molecule has 0 aliphatic carbocycles. The van der Waals surface area contributed by atoms with E-state index in [0.717, 1.165) is 38.2 Å². The van der Waals surface area contributed by atoms with Gasteiger partial charge < -0.3 is 19.7 Å². The minimum absolute atomic E-state index is 0. The molecule has 1 aliphatic rings. The maximum atomic E-state index is 14.6. The van der Waals surface area contributed by atoms with E-state index in [0.29, 0.717) is 16.9 Å². The normalized spacial score (nSPS) is 14.3. The van der Waals surface area contributed by atoms with Crippen molar-refractivity contribution in [3.8, 4) is 11.4 Å². The molecular weight excluding hydrogens is 445 g/mol. The Bertz CT molecular complexity index is 1110. The number of carbonyl (C=O) groups excluding carboxylic acids is 1. The van der Waals surface area contributed by atoms with Gasteiger partial charge >= 0.3 is 0 Å². The lowest BCUT2D eigenvalue weighted by Crippen LogP contribution is -2.47. The minimum Gasteiger partial charge on any atom is -0.336 e. The van der Waals surface area contributed by atoms with E-state index in [-0.39, 0.29) is 36.0 Å². The first kappa shape index (κ1) is 24.6. The van der Waals surface area contributed by atoms with Crippen molar-refractivity contribution >= 4 is 29.9 Å². The van der Waals surface area contributed by atoms with E-state index in [2.05, 4.69) is 32.2 Å². The highest BCUT2D eigenvalue weighted by Crippen LogP contribution is 2.26. The summed E-state index contributed by atoms with van der Waals surface area (Å²) < 4.78 is 16.5. The van der Waals surface area contributed by atoms with Gasteiger partial charge in [-0.05, 0) is 52.1 Å². The molecule has 0 unspecified atom stereocenters. The average molecular weight is 474 g/mol. The van der Waals surface area contributed by atoms with Crippen molar-refractivity contribution in [2.24, 2.45) is 0 Å². The fourth-order valence-electron chi connectivity index (χ4n) is 3.90. The molecule has 0 atom stereocenters. The number of aromatic nitrogens is 4. The van der Waals surface area contributed by atoms with Crippen LogP contribution in [0.3, 0.4) is 0 Å². The second-order valence-corrected chi connectivity index (χ2v) is 8.34. The van der Waals surface area contributed by atoms with Gasteiger partial charge in [-0.1, -0.05) is 0 Å². The zero-order chi connectivity index (χ0) is 22.8. The third kappa shape index (κ3) is 5.31. The molecule has 3 heterocycles. The summed E-state index contributed by atoms with van der Waals surface area (Å²) in [7, 11) is 2.06. The lowest BCUT2D eigenvalue weighted by molar-refractivity contribution is 0.0664. The topological polar surface area (TPSA) is 79.2 Å². The predicted octanol–water partition coefficient (Wildman–Crippen LogP) is 3.92. The van der Waals surface area contributed by atoms with E-state index in [1.54, 1.807) is 30.5 Å². The second kappa shape index (κ2) is 10.3. The van der Waals surface area contributed by atoms with Gasteiger partial charge in [0.05, 0.1) is 18.1 Å². The summed E-state index contributed by atoms with van der Waals surface area (Å²) >= 11 is 0.